The van der Waals surface area contributed by atoms with E-state index in [0.717, 1.165) is 6.07 Å². The van der Waals surface area contributed by atoms with E-state index >= 15 is 0 Å². The molecule has 0 amide bonds. The molecular formula is C11H12FNO5. The Labute approximate surface area is 102 Å². The molecular weight excluding hydrogens is 245 g/mol. The van der Waals surface area contributed by atoms with E-state index in [4.69, 9.17) is 20.3 Å². The molecule has 2 rings (SSSR count). The van der Waals surface area contributed by atoms with Crippen molar-refractivity contribution in [3.63, 3.8) is 0 Å². The maximum Gasteiger partial charge on any atom is 0.305 e. The molecule has 18 heavy (non-hydrogen) atoms. The number of carboxylic acids is 1. The van der Waals surface area contributed by atoms with Crippen LogP contribution in [0.2, 0.25) is 0 Å². The van der Waals surface area contributed by atoms with Gasteiger partial charge in [0.15, 0.2) is 23.1 Å². The Morgan fingerprint density at radius 3 is 2.83 bits per heavy atom. The van der Waals surface area contributed by atoms with Gasteiger partial charge < -0.3 is 25.4 Å². The van der Waals surface area contributed by atoms with Gasteiger partial charge in [-0.3, -0.25) is 4.79 Å². The molecule has 7 heteroatoms. The van der Waals surface area contributed by atoms with Crippen LogP contribution in [0.4, 0.5) is 4.39 Å². The van der Waals surface area contributed by atoms with Crippen LogP contribution in [-0.2, 0) is 4.79 Å². The molecule has 1 unspecified atom stereocenters. The van der Waals surface area contributed by atoms with Crippen molar-refractivity contribution in [3.8, 4) is 17.2 Å². The second kappa shape index (κ2) is 4.69. The van der Waals surface area contributed by atoms with Crippen molar-refractivity contribution in [1.82, 2.24) is 0 Å². The van der Waals surface area contributed by atoms with Crippen LogP contribution in [-0.4, -0.2) is 29.4 Å². The average molecular weight is 257 g/mol. The van der Waals surface area contributed by atoms with Gasteiger partial charge in [0.05, 0.1) is 12.0 Å². The number of carboxylic acid groups (broad SMARTS) is 1. The van der Waals surface area contributed by atoms with Crippen molar-refractivity contribution in [1.29, 1.82) is 0 Å². The minimum atomic E-state index is -1.17. The lowest BCUT2D eigenvalue weighted by atomic mass is 10.0. The predicted molar refractivity (Wildman–Crippen MR) is 58.2 cm³/mol. The molecule has 1 aliphatic heterocycles. The summed E-state index contributed by atoms with van der Waals surface area (Å²) in [6, 6.07) is -0.0362. The van der Waals surface area contributed by atoms with Crippen LogP contribution in [0, 0.1) is 5.82 Å². The molecule has 0 radical (unpaired) electrons. The summed E-state index contributed by atoms with van der Waals surface area (Å²) in [4.78, 5) is 10.6. The smallest absolute Gasteiger partial charge is 0.305 e. The van der Waals surface area contributed by atoms with Gasteiger partial charge in [0.25, 0.3) is 0 Å². The van der Waals surface area contributed by atoms with Crippen LogP contribution in [0.1, 0.15) is 18.0 Å². The summed E-state index contributed by atoms with van der Waals surface area (Å²) in [5.41, 5.74) is 5.45. The molecule has 0 fully saturated rings. The maximum atomic E-state index is 13.8. The Morgan fingerprint density at radius 1 is 1.50 bits per heavy atom. The maximum absolute atomic E-state index is 13.8. The molecule has 98 valence electrons. The minimum Gasteiger partial charge on any atom is -0.505 e. The second-order valence-electron chi connectivity index (χ2n) is 3.85. The first-order valence-corrected chi connectivity index (χ1v) is 5.29. The number of phenolic OH excluding ortho intramolecular Hbond substituents is 1. The lowest BCUT2D eigenvalue weighted by molar-refractivity contribution is -0.137. The molecule has 0 aliphatic carbocycles. The summed E-state index contributed by atoms with van der Waals surface area (Å²) < 4.78 is 24.3. The molecule has 1 aromatic carbocycles. The van der Waals surface area contributed by atoms with Crippen molar-refractivity contribution in [2.24, 2.45) is 5.73 Å². The molecule has 6 nitrogen and oxygen atoms in total. The van der Waals surface area contributed by atoms with Crippen molar-refractivity contribution in [2.75, 3.05) is 13.2 Å². The third-order valence-corrected chi connectivity index (χ3v) is 2.55. The van der Waals surface area contributed by atoms with Crippen LogP contribution in [0.3, 0.4) is 0 Å². The Kier molecular flexibility index (Phi) is 3.24. The highest BCUT2D eigenvalue weighted by atomic mass is 19.1. The highest BCUT2D eigenvalue weighted by Gasteiger charge is 2.28. The lowest BCUT2D eigenvalue weighted by Gasteiger charge is -2.24. The van der Waals surface area contributed by atoms with E-state index in [-0.39, 0.29) is 30.3 Å². The number of fused-ring (bicyclic) bond motifs is 1. The number of rotatable bonds is 3. The third kappa shape index (κ3) is 2.17. The SMILES string of the molecule is NC(CC(=O)O)c1c(F)c(O)cc2c1OCCO2. The molecule has 1 aromatic rings. The van der Waals surface area contributed by atoms with Crippen LogP contribution >= 0.6 is 0 Å². The topological polar surface area (TPSA) is 102 Å². The lowest BCUT2D eigenvalue weighted by Crippen LogP contribution is -2.22. The van der Waals surface area contributed by atoms with Crippen molar-refractivity contribution >= 4 is 5.97 Å². The van der Waals surface area contributed by atoms with Gasteiger partial charge in [-0.1, -0.05) is 0 Å². The molecule has 1 heterocycles. The fourth-order valence-electron chi connectivity index (χ4n) is 1.80. The van der Waals surface area contributed by atoms with E-state index in [1.165, 1.54) is 0 Å². The number of ether oxygens (including phenoxy) is 2. The molecule has 0 aromatic heterocycles. The van der Waals surface area contributed by atoms with Crippen LogP contribution in [0.5, 0.6) is 17.2 Å². The van der Waals surface area contributed by atoms with Gasteiger partial charge in [-0.2, -0.15) is 0 Å². The number of hydrogen-bond acceptors (Lipinski definition) is 5. The Bertz CT molecular complexity index is 491. The van der Waals surface area contributed by atoms with Gasteiger partial charge in [0.1, 0.15) is 13.2 Å². The Balaban J connectivity index is 2.49. The molecule has 0 bridgehead atoms. The standard InChI is InChI=1S/C11H12FNO5/c12-10-6(14)4-7-11(18-2-1-17-7)9(10)5(13)3-8(15)16/h4-5,14H,1-3,13H2,(H,15,16). The van der Waals surface area contributed by atoms with Crippen molar-refractivity contribution in [3.05, 3.63) is 17.4 Å². The van der Waals surface area contributed by atoms with Crippen LogP contribution in [0.15, 0.2) is 6.07 Å². The summed E-state index contributed by atoms with van der Waals surface area (Å²) in [5.74, 6) is -2.57. The number of nitrogens with two attached hydrogens (primary N) is 1. The summed E-state index contributed by atoms with van der Waals surface area (Å²) in [7, 11) is 0. The fraction of sp³-hybridized carbons (Fsp3) is 0.364. The summed E-state index contributed by atoms with van der Waals surface area (Å²) in [6.45, 7) is 0.482. The number of halogens is 1. The number of phenols is 1. The molecule has 4 N–H and O–H groups in total. The van der Waals surface area contributed by atoms with E-state index in [2.05, 4.69) is 0 Å². The zero-order valence-corrected chi connectivity index (χ0v) is 9.35. The van der Waals surface area contributed by atoms with Crippen molar-refractivity contribution < 1.29 is 28.9 Å². The summed E-state index contributed by atoms with van der Waals surface area (Å²) in [6.07, 6.45) is -0.476. The molecule has 1 aliphatic rings. The van der Waals surface area contributed by atoms with Gasteiger partial charge in [0.2, 0.25) is 0 Å². The number of aliphatic carboxylic acids is 1. The monoisotopic (exact) mass is 257 g/mol. The molecule has 0 spiro atoms. The largest absolute Gasteiger partial charge is 0.505 e. The first-order chi connectivity index (χ1) is 8.50. The highest BCUT2D eigenvalue weighted by molar-refractivity contribution is 5.68. The Morgan fingerprint density at radius 2 is 2.17 bits per heavy atom. The van der Waals surface area contributed by atoms with Gasteiger partial charge in [-0.15, -0.1) is 0 Å². The number of carbonyl (C=O) groups is 1. The normalized spacial score (nSPS) is 15.2. The van der Waals surface area contributed by atoms with E-state index in [0.29, 0.717) is 0 Å². The number of aromatic hydroxyl groups is 1. The quantitative estimate of drug-likeness (QED) is 0.739. The van der Waals surface area contributed by atoms with Crippen LogP contribution in [0.25, 0.3) is 0 Å². The summed E-state index contributed by atoms with van der Waals surface area (Å²) >= 11 is 0. The highest BCUT2D eigenvalue weighted by Crippen LogP contribution is 2.42. The van der Waals surface area contributed by atoms with Crippen molar-refractivity contribution in [2.45, 2.75) is 12.5 Å². The van der Waals surface area contributed by atoms with E-state index in [1.54, 1.807) is 0 Å². The Hall–Kier alpha value is -2.02. The first kappa shape index (κ1) is 12.4. The molecule has 0 saturated carbocycles. The van der Waals surface area contributed by atoms with Gasteiger partial charge in [-0.25, -0.2) is 4.39 Å². The van der Waals surface area contributed by atoms with Crippen LogP contribution < -0.4 is 15.2 Å². The van der Waals surface area contributed by atoms with E-state index in [9.17, 15) is 14.3 Å². The zero-order valence-electron chi connectivity index (χ0n) is 9.35. The van der Waals surface area contributed by atoms with Gasteiger partial charge in [0, 0.05) is 12.1 Å². The predicted octanol–water partition coefficient (Wildman–Crippen LogP) is 0.777. The first-order valence-electron chi connectivity index (χ1n) is 5.29. The van der Waals surface area contributed by atoms with Gasteiger partial charge >= 0.3 is 5.97 Å². The number of benzene rings is 1. The fourth-order valence-corrected chi connectivity index (χ4v) is 1.80. The van der Waals surface area contributed by atoms with E-state index < -0.39 is 30.0 Å². The second-order valence-corrected chi connectivity index (χ2v) is 3.85. The zero-order chi connectivity index (χ0) is 13.3. The average Bonchev–Trinajstić information content (AvgIpc) is 2.29. The molecule has 1 atom stereocenters. The number of hydrogen-bond donors (Lipinski definition) is 3. The third-order valence-electron chi connectivity index (χ3n) is 2.55. The minimum absolute atomic E-state index is 0.0605. The van der Waals surface area contributed by atoms with E-state index in [1.807, 2.05) is 0 Å². The molecule has 0 saturated heterocycles. The summed E-state index contributed by atoms with van der Waals surface area (Å²) in [5, 5.41) is 18.1. The van der Waals surface area contributed by atoms with Gasteiger partial charge in [-0.05, 0) is 0 Å².